The van der Waals surface area contributed by atoms with E-state index in [1.165, 1.54) is 38.5 Å². The zero-order chi connectivity index (χ0) is 12.5. The van der Waals surface area contributed by atoms with Crippen molar-refractivity contribution in [2.24, 2.45) is 0 Å². The lowest BCUT2D eigenvalue weighted by molar-refractivity contribution is -0.120. The molecule has 0 aliphatic heterocycles. The molecule has 100 valence electrons. The normalized spacial score (nSPS) is 19.6. The summed E-state index contributed by atoms with van der Waals surface area (Å²) in [6.07, 6.45) is 10.1. The van der Waals surface area contributed by atoms with Gasteiger partial charge in [0.15, 0.2) is 0 Å². The number of hydrogen-bond donors (Lipinski definition) is 2. The first kappa shape index (κ1) is 14.8. The molecular formula is C13H26N2OS. The van der Waals surface area contributed by atoms with E-state index >= 15 is 0 Å². The third-order valence-electron chi connectivity index (χ3n) is 3.44. The maximum atomic E-state index is 11.5. The first-order valence-electron chi connectivity index (χ1n) is 6.78. The van der Waals surface area contributed by atoms with Crippen LogP contribution in [0.2, 0.25) is 0 Å². The maximum absolute atomic E-state index is 11.5. The number of hydrogen-bond acceptors (Lipinski definition) is 3. The summed E-state index contributed by atoms with van der Waals surface area (Å²) >= 11 is 1.59. The van der Waals surface area contributed by atoms with Gasteiger partial charge < -0.3 is 10.6 Å². The van der Waals surface area contributed by atoms with E-state index in [1.54, 1.807) is 11.8 Å². The van der Waals surface area contributed by atoms with Crippen LogP contribution in [0.25, 0.3) is 0 Å². The molecule has 1 aliphatic rings. The van der Waals surface area contributed by atoms with Crippen LogP contribution in [-0.4, -0.2) is 36.5 Å². The number of rotatable bonds is 6. The van der Waals surface area contributed by atoms with Crippen molar-refractivity contribution in [2.75, 3.05) is 19.3 Å². The molecular weight excluding hydrogens is 232 g/mol. The first-order valence-corrected chi connectivity index (χ1v) is 8.06. The Morgan fingerprint density at radius 1 is 1.24 bits per heavy atom. The molecule has 1 atom stereocenters. The van der Waals surface area contributed by atoms with Crippen LogP contribution < -0.4 is 10.6 Å². The van der Waals surface area contributed by atoms with Gasteiger partial charge in [-0.1, -0.05) is 25.7 Å². The number of amides is 1. The number of carbonyl (C=O) groups is 1. The molecule has 1 aliphatic carbocycles. The van der Waals surface area contributed by atoms with Crippen LogP contribution >= 0.6 is 11.8 Å². The Balaban J connectivity index is 2.04. The Morgan fingerprint density at radius 2 is 1.88 bits per heavy atom. The minimum absolute atomic E-state index is 0.0629. The first-order chi connectivity index (χ1) is 8.24. The molecule has 0 spiro atoms. The Kier molecular flexibility index (Phi) is 7.69. The van der Waals surface area contributed by atoms with E-state index < -0.39 is 0 Å². The average molecular weight is 258 g/mol. The van der Waals surface area contributed by atoms with Gasteiger partial charge in [-0.3, -0.25) is 4.79 Å². The van der Waals surface area contributed by atoms with Gasteiger partial charge in [0.25, 0.3) is 0 Å². The smallest absolute Gasteiger partial charge is 0.232 e. The fourth-order valence-electron chi connectivity index (χ4n) is 2.20. The van der Waals surface area contributed by atoms with E-state index in [-0.39, 0.29) is 11.2 Å². The van der Waals surface area contributed by atoms with Gasteiger partial charge in [0.2, 0.25) is 5.91 Å². The summed E-state index contributed by atoms with van der Waals surface area (Å²) in [6.45, 7) is 3.59. The molecule has 1 rings (SSSR count). The molecule has 0 aromatic carbocycles. The third-order valence-corrected chi connectivity index (χ3v) is 4.36. The van der Waals surface area contributed by atoms with E-state index in [4.69, 9.17) is 0 Å². The Bertz CT molecular complexity index is 215. The fourth-order valence-corrected chi connectivity index (χ4v) is 2.49. The van der Waals surface area contributed by atoms with Crippen LogP contribution in [0.1, 0.15) is 45.4 Å². The predicted molar refractivity (Wildman–Crippen MR) is 75.5 cm³/mol. The fraction of sp³-hybridized carbons (Fsp3) is 0.923. The highest BCUT2D eigenvalue weighted by molar-refractivity contribution is 7.99. The molecule has 0 aromatic rings. The van der Waals surface area contributed by atoms with Crippen molar-refractivity contribution in [3.63, 3.8) is 0 Å². The lowest BCUT2D eigenvalue weighted by Crippen LogP contribution is -2.39. The molecule has 0 bridgehead atoms. The molecule has 0 aromatic heterocycles. The molecule has 1 unspecified atom stereocenters. The lowest BCUT2D eigenvalue weighted by Gasteiger charge is -2.16. The van der Waals surface area contributed by atoms with Crippen molar-refractivity contribution in [1.82, 2.24) is 10.6 Å². The second-order valence-electron chi connectivity index (χ2n) is 4.81. The second kappa shape index (κ2) is 8.81. The van der Waals surface area contributed by atoms with Crippen molar-refractivity contribution in [3.05, 3.63) is 0 Å². The third kappa shape index (κ3) is 6.32. The monoisotopic (exact) mass is 258 g/mol. The summed E-state index contributed by atoms with van der Waals surface area (Å²) in [5.74, 6) is 0.153. The quantitative estimate of drug-likeness (QED) is 0.567. The van der Waals surface area contributed by atoms with Crippen molar-refractivity contribution in [1.29, 1.82) is 0 Å². The molecule has 1 fully saturated rings. The van der Waals surface area contributed by atoms with E-state index in [9.17, 15) is 4.79 Å². The van der Waals surface area contributed by atoms with Crippen molar-refractivity contribution < 1.29 is 4.79 Å². The number of thioether (sulfide) groups is 1. The van der Waals surface area contributed by atoms with Crippen LogP contribution in [0.4, 0.5) is 0 Å². The van der Waals surface area contributed by atoms with Gasteiger partial charge in [0, 0.05) is 19.1 Å². The van der Waals surface area contributed by atoms with E-state index in [0.717, 1.165) is 13.1 Å². The molecule has 17 heavy (non-hydrogen) atoms. The highest BCUT2D eigenvalue weighted by Gasteiger charge is 2.12. The summed E-state index contributed by atoms with van der Waals surface area (Å²) in [5, 5.41) is 6.58. The predicted octanol–water partition coefficient (Wildman–Crippen LogP) is 2.17. The van der Waals surface area contributed by atoms with Gasteiger partial charge in [0.05, 0.1) is 5.25 Å². The van der Waals surface area contributed by atoms with Gasteiger partial charge in [-0.05, 0) is 26.0 Å². The van der Waals surface area contributed by atoms with Crippen molar-refractivity contribution in [3.8, 4) is 0 Å². The molecule has 3 nitrogen and oxygen atoms in total. The maximum Gasteiger partial charge on any atom is 0.232 e. The molecule has 2 N–H and O–H groups in total. The van der Waals surface area contributed by atoms with Crippen LogP contribution in [0.3, 0.4) is 0 Å². The highest BCUT2D eigenvalue weighted by Crippen LogP contribution is 2.16. The van der Waals surface area contributed by atoms with E-state index in [1.807, 2.05) is 13.2 Å². The largest absolute Gasteiger partial charge is 0.354 e. The molecule has 1 saturated carbocycles. The molecule has 1 amide bonds. The molecule has 0 heterocycles. The topological polar surface area (TPSA) is 41.1 Å². The van der Waals surface area contributed by atoms with Gasteiger partial charge in [0.1, 0.15) is 0 Å². The molecule has 4 heteroatoms. The highest BCUT2D eigenvalue weighted by atomic mass is 32.2. The van der Waals surface area contributed by atoms with Gasteiger partial charge in [-0.2, -0.15) is 11.8 Å². The Labute approximate surface area is 109 Å². The number of nitrogens with one attached hydrogen (secondary N) is 2. The van der Waals surface area contributed by atoms with Crippen LogP contribution in [0.15, 0.2) is 0 Å². The average Bonchev–Trinajstić information content (AvgIpc) is 2.61. The second-order valence-corrected chi connectivity index (χ2v) is 5.99. The van der Waals surface area contributed by atoms with Gasteiger partial charge >= 0.3 is 0 Å². The molecule has 0 radical (unpaired) electrons. The van der Waals surface area contributed by atoms with Crippen LogP contribution in [0.5, 0.6) is 0 Å². The zero-order valence-electron chi connectivity index (χ0n) is 11.1. The Morgan fingerprint density at radius 3 is 2.47 bits per heavy atom. The van der Waals surface area contributed by atoms with E-state index in [0.29, 0.717) is 6.04 Å². The summed E-state index contributed by atoms with van der Waals surface area (Å²) in [6, 6.07) is 0.673. The minimum Gasteiger partial charge on any atom is -0.354 e. The molecule has 0 saturated heterocycles. The summed E-state index contributed by atoms with van der Waals surface area (Å²) < 4.78 is 0. The summed E-state index contributed by atoms with van der Waals surface area (Å²) in [4.78, 5) is 11.5. The summed E-state index contributed by atoms with van der Waals surface area (Å²) in [5.41, 5.74) is 0. The van der Waals surface area contributed by atoms with E-state index in [2.05, 4.69) is 10.6 Å². The van der Waals surface area contributed by atoms with Crippen LogP contribution in [0, 0.1) is 0 Å². The van der Waals surface area contributed by atoms with Crippen molar-refractivity contribution in [2.45, 2.75) is 56.7 Å². The minimum atomic E-state index is 0.0629. The number of carbonyl (C=O) groups excluding carboxylic acids is 1. The van der Waals surface area contributed by atoms with Gasteiger partial charge in [-0.15, -0.1) is 0 Å². The summed E-state index contributed by atoms with van der Waals surface area (Å²) in [7, 11) is 0. The lowest BCUT2D eigenvalue weighted by atomic mass is 10.1. The van der Waals surface area contributed by atoms with Crippen molar-refractivity contribution >= 4 is 17.7 Å². The van der Waals surface area contributed by atoms with Gasteiger partial charge in [-0.25, -0.2) is 0 Å². The Hall–Kier alpha value is -0.220. The van der Waals surface area contributed by atoms with Crippen LogP contribution in [-0.2, 0) is 4.79 Å². The zero-order valence-corrected chi connectivity index (χ0v) is 11.9. The standard InChI is InChI=1S/C13H26N2OS/c1-11(17-2)13(16)15-10-9-14-12-7-5-3-4-6-8-12/h11-12,14H,3-10H2,1-2H3,(H,15,16). The SMILES string of the molecule is CSC(C)C(=O)NCCNC1CCCCCC1.